The summed E-state index contributed by atoms with van der Waals surface area (Å²) in [4.78, 5) is 12.6. The van der Waals surface area contributed by atoms with Crippen LogP contribution in [-0.4, -0.2) is 64.8 Å². The van der Waals surface area contributed by atoms with Crippen LogP contribution in [0.3, 0.4) is 0 Å². The Bertz CT molecular complexity index is 1380. The van der Waals surface area contributed by atoms with Crippen LogP contribution in [0, 0.1) is 0 Å². The third-order valence-corrected chi connectivity index (χ3v) is 5.93. The lowest BCUT2D eigenvalue weighted by Gasteiger charge is -2.04. The lowest BCUT2D eigenvalue weighted by atomic mass is 10.2. The van der Waals surface area contributed by atoms with Crippen molar-refractivity contribution in [1.82, 2.24) is 15.0 Å². The predicted octanol–water partition coefficient (Wildman–Crippen LogP) is 5.09. The number of hydrogen-bond donors (Lipinski definition) is 0. The van der Waals surface area contributed by atoms with Gasteiger partial charge in [0.25, 0.3) is 0 Å². The first-order valence-corrected chi connectivity index (χ1v) is 12.3. The van der Waals surface area contributed by atoms with Crippen LogP contribution >= 0.6 is 0 Å². The second-order valence-electron chi connectivity index (χ2n) is 7.35. The number of fused-ring (bicyclic) bond motifs is 3. The average Bonchev–Trinajstić information content (AvgIpc) is 2.97. The topological polar surface area (TPSA) is 66.4 Å². The third kappa shape index (κ3) is 6.36. The lowest BCUT2D eigenvalue weighted by Crippen LogP contribution is -1.87. The van der Waals surface area contributed by atoms with Gasteiger partial charge in [-0.25, -0.2) is 0 Å². The van der Waals surface area contributed by atoms with Crippen LogP contribution < -0.4 is 11.4 Å². The molecule has 3 aromatic heterocycles. The van der Waals surface area contributed by atoms with Gasteiger partial charge in [-0.1, -0.05) is 54.6 Å². The van der Waals surface area contributed by atoms with Gasteiger partial charge in [0.1, 0.15) is 33.8 Å². The van der Waals surface area contributed by atoms with E-state index in [1.54, 1.807) is 18.6 Å². The van der Waals surface area contributed by atoms with Crippen LogP contribution in [0.4, 0.5) is 0 Å². The first kappa shape index (κ1) is 26.0. The molecule has 3 aromatic carbocycles. The summed E-state index contributed by atoms with van der Waals surface area (Å²) in [5, 5.41) is 3.28. The maximum Gasteiger partial charge on any atom is 0.482 e. The summed E-state index contributed by atoms with van der Waals surface area (Å²) in [5.74, 6) is 2.37. The molecule has 6 radical (unpaired) electrons. The summed E-state index contributed by atoms with van der Waals surface area (Å²) >= 11 is 6.68. The molecule has 0 aliphatic rings. The molecule has 0 atom stereocenters. The van der Waals surface area contributed by atoms with Crippen LogP contribution in [0.25, 0.3) is 32.7 Å². The zero-order valence-corrected chi connectivity index (χ0v) is 22.7. The Kier molecular flexibility index (Phi) is 9.57. The minimum atomic E-state index is 0.790. The fourth-order valence-electron chi connectivity index (χ4n) is 3.51. The van der Waals surface area contributed by atoms with Gasteiger partial charge in [0.2, 0.25) is 0 Å². The Hall–Kier alpha value is -3.11. The maximum atomic E-state index is 5.08. The molecule has 6 nitrogen and oxygen atoms in total. The highest BCUT2D eigenvalue weighted by Gasteiger charge is 1.99. The lowest BCUT2D eigenvalue weighted by molar-refractivity contribution is 0.622. The molecular formula is C27H18Al3N3O3. The maximum absolute atomic E-state index is 5.08. The van der Waals surface area contributed by atoms with Crippen molar-refractivity contribution < 1.29 is 11.4 Å². The molecular weight excluding hydrogens is 495 g/mol. The molecule has 6 rings (SSSR count). The summed E-state index contributed by atoms with van der Waals surface area (Å²) in [5.41, 5.74) is 2.69. The van der Waals surface area contributed by atoms with Crippen molar-refractivity contribution >= 4 is 82.6 Å². The molecule has 0 unspecified atom stereocenters. The van der Waals surface area contributed by atoms with Gasteiger partial charge in [0, 0.05) is 34.7 Å². The van der Waals surface area contributed by atoms with Gasteiger partial charge in [-0.05, 0) is 36.4 Å². The van der Waals surface area contributed by atoms with Crippen molar-refractivity contribution in [2.45, 2.75) is 0 Å². The standard InChI is InChI=1S/3C9H7NO.3Al/c3*11-8-5-1-3-7-4-2-6-10-9(7)8;;;/h3*1-6,11H;;;/q;;;3*+1/p-3. The first-order valence-electron chi connectivity index (χ1n) is 10.9. The van der Waals surface area contributed by atoms with E-state index in [1.807, 2.05) is 91.0 Å². The molecule has 9 heteroatoms. The summed E-state index contributed by atoms with van der Waals surface area (Å²) in [6, 6.07) is 29.3. The zero-order chi connectivity index (χ0) is 25.2. The van der Waals surface area contributed by atoms with Crippen LogP contribution in [-0.2, 0) is 0 Å². The molecule has 0 N–H and O–H groups in total. The fraction of sp³-hybridized carbons (Fsp3) is 0. The molecule has 168 valence electrons. The molecule has 0 amide bonds. The molecule has 0 spiro atoms. The number of nitrogens with zero attached hydrogens (tertiary/aromatic N) is 3. The van der Waals surface area contributed by atoms with Crippen LogP contribution in [0.5, 0.6) is 17.2 Å². The highest BCUT2D eigenvalue weighted by atomic mass is 27.1. The van der Waals surface area contributed by atoms with E-state index in [9.17, 15) is 0 Å². The van der Waals surface area contributed by atoms with Gasteiger partial charge in [-0.3, -0.25) is 15.0 Å². The largest absolute Gasteiger partial charge is 0.652 e. The first-order chi connectivity index (χ1) is 17.7. The molecule has 0 fully saturated rings. The normalized spacial score (nSPS) is 10.0. The number of rotatable bonds is 3. The highest BCUT2D eigenvalue weighted by Crippen LogP contribution is 2.23. The van der Waals surface area contributed by atoms with E-state index in [0.29, 0.717) is 0 Å². The van der Waals surface area contributed by atoms with Gasteiger partial charge in [0.05, 0.1) is 0 Å². The van der Waals surface area contributed by atoms with Crippen LogP contribution in [0.1, 0.15) is 0 Å². The molecule has 0 aliphatic heterocycles. The zero-order valence-electron chi connectivity index (χ0n) is 19.2. The summed E-state index contributed by atoms with van der Waals surface area (Å²) in [6.45, 7) is 0. The van der Waals surface area contributed by atoms with E-state index in [0.717, 1.165) is 50.0 Å². The van der Waals surface area contributed by atoms with E-state index in [4.69, 9.17) is 11.4 Å². The van der Waals surface area contributed by atoms with Crippen molar-refractivity contribution in [2.75, 3.05) is 0 Å². The number of pyridine rings is 3. The summed E-state index contributed by atoms with van der Waals surface area (Å²) < 4.78 is 15.2. The molecule has 36 heavy (non-hydrogen) atoms. The van der Waals surface area contributed by atoms with Gasteiger partial charge >= 0.3 is 49.9 Å². The highest BCUT2D eigenvalue weighted by molar-refractivity contribution is 6.02. The van der Waals surface area contributed by atoms with E-state index in [1.165, 1.54) is 0 Å². The quantitative estimate of drug-likeness (QED) is 0.307. The molecule has 0 aliphatic carbocycles. The van der Waals surface area contributed by atoms with Gasteiger partial charge in [-0.15, -0.1) is 0 Å². The Labute approximate surface area is 234 Å². The number of aromatic nitrogens is 3. The molecule has 6 aromatic rings. The van der Waals surface area contributed by atoms with Crippen molar-refractivity contribution in [3.8, 4) is 17.2 Å². The average molecular weight is 513 g/mol. The smallest absolute Gasteiger partial charge is 0.482 e. The van der Waals surface area contributed by atoms with Gasteiger partial charge in [0.15, 0.2) is 0 Å². The number of benzene rings is 3. The Balaban J connectivity index is 0.000000127. The van der Waals surface area contributed by atoms with Crippen molar-refractivity contribution in [3.05, 3.63) is 110 Å². The number of para-hydroxylation sites is 3. The Morgan fingerprint density at radius 1 is 0.389 bits per heavy atom. The molecule has 0 saturated carbocycles. The SMILES string of the molecule is [Al][O]c1cccc2cccnc12.[Al][O]c1cccc2cccnc12.[Al][O]c1cccc2cccnc12. The molecule has 0 saturated heterocycles. The molecule has 0 bridgehead atoms. The Morgan fingerprint density at radius 2 is 0.667 bits per heavy atom. The van der Waals surface area contributed by atoms with Gasteiger partial charge in [-0.2, -0.15) is 0 Å². The predicted molar refractivity (Wildman–Crippen MR) is 144 cm³/mol. The fourth-order valence-corrected chi connectivity index (χ4v) is 4.08. The molecule has 3 heterocycles. The van der Waals surface area contributed by atoms with Crippen LogP contribution in [0.15, 0.2) is 110 Å². The monoisotopic (exact) mass is 513 g/mol. The minimum Gasteiger partial charge on any atom is -0.652 e. The second-order valence-corrected chi connectivity index (χ2v) is 8.05. The Morgan fingerprint density at radius 3 is 0.944 bits per heavy atom. The van der Waals surface area contributed by atoms with E-state index in [2.05, 4.69) is 64.8 Å². The minimum absolute atomic E-state index is 0.790. The second kappa shape index (κ2) is 13.3. The van der Waals surface area contributed by atoms with Crippen molar-refractivity contribution in [3.63, 3.8) is 0 Å². The summed E-state index contributed by atoms with van der Waals surface area (Å²) in [6.07, 6.45) is 5.28. The van der Waals surface area contributed by atoms with E-state index < -0.39 is 0 Å². The van der Waals surface area contributed by atoms with Crippen molar-refractivity contribution in [2.24, 2.45) is 0 Å². The van der Waals surface area contributed by atoms with Gasteiger partial charge < -0.3 is 11.4 Å². The third-order valence-electron chi connectivity index (χ3n) is 5.17. The van der Waals surface area contributed by atoms with Crippen LogP contribution in [0.2, 0.25) is 0 Å². The number of hydrogen-bond acceptors (Lipinski definition) is 6. The van der Waals surface area contributed by atoms with E-state index >= 15 is 0 Å². The van der Waals surface area contributed by atoms with E-state index in [-0.39, 0.29) is 0 Å². The summed E-state index contributed by atoms with van der Waals surface area (Å²) in [7, 11) is 0. The van der Waals surface area contributed by atoms with Crippen molar-refractivity contribution in [1.29, 1.82) is 0 Å².